The summed E-state index contributed by atoms with van der Waals surface area (Å²) in [6.45, 7) is 1.04. The van der Waals surface area contributed by atoms with Crippen molar-refractivity contribution >= 4 is 23.2 Å². The van der Waals surface area contributed by atoms with Crippen molar-refractivity contribution in [2.24, 2.45) is 0 Å². The molecule has 2 N–H and O–H groups in total. The van der Waals surface area contributed by atoms with Crippen molar-refractivity contribution in [3.8, 4) is 0 Å². The minimum Gasteiger partial charge on any atom is -0.382 e. The summed E-state index contributed by atoms with van der Waals surface area (Å²) < 4.78 is 38.1. The van der Waals surface area contributed by atoms with Gasteiger partial charge < -0.3 is 15.2 Å². The van der Waals surface area contributed by atoms with Gasteiger partial charge in [0.15, 0.2) is 0 Å². The molecule has 1 aliphatic rings. The summed E-state index contributed by atoms with van der Waals surface area (Å²) in [5, 5.41) is 3.56. The molecule has 1 aliphatic heterocycles. The van der Waals surface area contributed by atoms with Crippen molar-refractivity contribution in [1.82, 2.24) is 14.9 Å². The van der Waals surface area contributed by atoms with Gasteiger partial charge in [-0.1, -0.05) is 11.6 Å². The number of likely N-dealkylation sites (tertiary alicyclic amines) is 1. The first-order valence-electron chi connectivity index (χ1n) is 7.76. The molecular formula is C16H16ClF3N4O. The fourth-order valence-electron chi connectivity index (χ4n) is 2.80. The van der Waals surface area contributed by atoms with Crippen LogP contribution >= 0.6 is 11.6 Å². The fraction of sp³-hybridized carbons (Fsp3) is 0.375. The highest BCUT2D eigenvalue weighted by Crippen LogP contribution is 2.29. The maximum Gasteiger partial charge on any atom is 0.433 e. The summed E-state index contributed by atoms with van der Waals surface area (Å²) >= 11 is 5.80. The van der Waals surface area contributed by atoms with Crippen LogP contribution in [0.2, 0.25) is 5.02 Å². The zero-order chi connectivity index (χ0) is 18.0. The fourth-order valence-corrected chi connectivity index (χ4v) is 2.96. The zero-order valence-corrected chi connectivity index (χ0v) is 13.9. The molecule has 0 saturated carbocycles. The van der Waals surface area contributed by atoms with E-state index in [2.05, 4.69) is 15.3 Å². The van der Waals surface area contributed by atoms with E-state index in [9.17, 15) is 18.0 Å². The molecule has 0 atom stereocenters. The molecule has 1 fully saturated rings. The van der Waals surface area contributed by atoms with Crippen LogP contribution in [-0.4, -0.2) is 39.9 Å². The number of H-pyrrole nitrogens is 1. The quantitative estimate of drug-likeness (QED) is 0.861. The van der Waals surface area contributed by atoms with Gasteiger partial charge in [-0.2, -0.15) is 13.2 Å². The van der Waals surface area contributed by atoms with Crippen LogP contribution in [0.25, 0.3) is 0 Å². The van der Waals surface area contributed by atoms with Crippen molar-refractivity contribution < 1.29 is 18.0 Å². The molecule has 0 radical (unpaired) electrons. The number of nitrogens with zero attached hydrogens (tertiary/aromatic N) is 2. The number of piperidine rings is 1. The summed E-state index contributed by atoms with van der Waals surface area (Å²) in [4.78, 5) is 20.2. The normalized spacial score (nSPS) is 16.1. The monoisotopic (exact) mass is 372 g/mol. The van der Waals surface area contributed by atoms with Crippen molar-refractivity contribution in [3.05, 3.63) is 47.0 Å². The Morgan fingerprint density at radius 2 is 2.04 bits per heavy atom. The molecule has 0 aliphatic carbocycles. The van der Waals surface area contributed by atoms with E-state index in [1.165, 1.54) is 6.07 Å². The van der Waals surface area contributed by atoms with Gasteiger partial charge in [0.2, 0.25) is 0 Å². The van der Waals surface area contributed by atoms with Gasteiger partial charge in [0, 0.05) is 37.2 Å². The Morgan fingerprint density at radius 1 is 1.32 bits per heavy atom. The van der Waals surface area contributed by atoms with Gasteiger partial charge >= 0.3 is 6.18 Å². The second-order valence-corrected chi connectivity index (χ2v) is 6.31. The molecule has 25 heavy (non-hydrogen) atoms. The number of rotatable bonds is 3. The molecule has 9 heteroatoms. The third kappa shape index (κ3) is 4.25. The lowest BCUT2D eigenvalue weighted by atomic mass is 10.0. The van der Waals surface area contributed by atoms with Crippen LogP contribution in [0.1, 0.15) is 29.0 Å². The Morgan fingerprint density at radius 3 is 2.64 bits per heavy atom. The number of amides is 1. The molecular weight excluding hydrogens is 357 g/mol. The van der Waals surface area contributed by atoms with E-state index in [1.54, 1.807) is 17.2 Å². The number of aromatic nitrogens is 2. The molecule has 3 rings (SSSR count). The summed E-state index contributed by atoms with van der Waals surface area (Å²) in [5.41, 5.74) is -0.114. The number of hydrogen-bond acceptors (Lipinski definition) is 3. The summed E-state index contributed by atoms with van der Waals surface area (Å²) in [6, 6.07) is 4.08. The molecule has 1 amide bonds. The van der Waals surface area contributed by atoms with E-state index in [1.807, 2.05) is 0 Å². The Labute approximate surface area is 147 Å². The number of carbonyl (C=O) groups excluding carboxylic acids is 1. The lowest BCUT2D eigenvalue weighted by molar-refractivity contribution is -0.141. The van der Waals surface area contributed by atoms with Gasteiger partial charge in [-0.25, -0.2) is 0 Å². The van der Waals surface area contributed by atoms with Crippen LogP contribution in [0.15, 0.2) is 30.6 Å². The average molecular weight is 373 g/mol. The van der Waals surface area contributed by atoms with E-state index in [4.69, 9.17) is 11.6 Å². The maximum absolute atomic E-state index is 12.7. The third-order valence-corrected chi connectivity index (χ3v) is 4.30. The number of aromatic amines is 1. The Balaban J connectivity index is 1.57. The minimum absolute atomic E-state index is 0.000219. The average Bonchev–Trinajstić information content (AvgIpc) is 3.01. The highest BCUT2D eigenvalue weighted by molar-refractivity contribution is 6.30. The summed E-state index contributed by atoms with van der Waals surface area (Å²) in [7, 11) is 0. The number of halogens is 4. The summed E-state index contributed by atoms with van der Waals surface area (Å²) in [6.07, 6.45) is -0.498. The van der Waals surface area contributed by atoms with Gasteiger partial charge in [-0.05, 0) is 31.0 Å². The van der Waals surface area contributed by atoms with E-state index in [0.717, 1.165) is 12.3 Å². The minimum atomic E-state index is -4.47. The first-order valence-corrected chi connectivity index (χ1v) is 8.14. The molecule has 3 heterocycles. The van der Waals surface area contributed by atoms with Crippen LogP contribution < -0.4 is 5.32 Å². The molecule has 0 spiro atoms. The number of carbonyl (C=O) groups is 1. The number of pyridine rings is 1. The highest BCUT2D eigenvalue weighted by Gasteiger charge is 2.32. The smallest absolute Gasteiger partial charge is 0.382 e. The third-order valence-electron chi connectivity index (χ3n) is 4.08. The van der Waals surface area contributed by atoms with E-state index in [0.29, 0.717) is 42.3 Å². The van der Waals surface area contributed by atoms with Gasteiger partial charge in [-0.3, -0.25) is 9.78 Å². The van der Waals surface area contributed by atoms with Crippen LogP contribution in [0.4, 0.5) is 18.9 Å². The highest BCUT2D eigenvalue weighted by atomic mass is 35.5. The van der Waals surface area contributed by atoms with Gasteiger partial charge in [-0.15, -0.1) is 0 Å². The van der Waals surface area contributed by atoms with Crippen LogP contribution in [-0.2, 0) is 6.18 Å². The Bertz CT molecular complexity index is 754. The maximum atomic E-state index is 12.7. The number of anilines is 1. The van der Waals surface area contributed by atoms with Crippen molar-refractivity contribution in [3.63, 3.8) is 0 Å². The number of nitrogens with one attached hydrogen (secondary N) is 2. The van der Waals surface area contributed by atoms with E-state index < -0.39 is 11.9 Å². The largest absolute Gasteiger partial charge is 0.433 e. The van der Waals surface area contributed by atoms with E-state index >= 15 is 0 Å². The molecule has 2 aromatic rings. The first kappa shape index (κ1) is 17.6. The number of alkyl halides is 3. The Kier molecular flexibility index (Phi) is 4.89. The lowest BCUT2D eigenvalue weighted by Crippen LogP contribution is -2.42. The predicted molar refractivity (Wildman–Crippen MR) is 87.6 cm³/mol. The lowest BCUT2D eigenvalue weighted by Gasteiger charge is -2.32. The van der Waals surface area contributed by atoms with Gasteiger partial charge in [0.05, 0.1) is 5.02 Å². The van der Waals surface area contributed by atoms with Crippen molar-refractivity contribution in [2.45, 2.75) is 25.1 Å². The number of hydrogen-bond donors (Lipinski definition) is 2. The van der Waals surface area contributed by atoms with E-state index in [-0.39, 0.29) is 11.9 Å². The predicted octanol–water partition coefficient (Wildman–Crippen LogP) is 3.80. The second-order valence-electron chi connectivity index (χ2n) is 5.87. The van der Waals surface area contributed by atoms with Crippen LogP contribution in [0, 0.1) is 0 Å². The molecule has 5 nitrogen and oxygen atoms in total. The first-order chi connectivity index (χ1) is 11.8. The molecule has 0 aromatic carbocycles. The second kappa shape index (κ2) is 6.95. The Hall–Kier alpha value is -2.22. The SMILES string of the molecule is O=C(c1cc(Cl)c[nH]1)N1CCC(Nc2ccnc(C(F)(F)F)c2)CC1. The molecule has 134 valence electrons. The van der Waals surface area contributed by atoms with Crippen molar-refractivity contribution in [2.75, 3.05) is 18.4 Å². The van der Waals surface area contributed by atoms with Crippen molar-refractivity contribution in [1.29, 1.82) is 0 Å². The van der Waals surface area contributed by atoms with Crippen LogP contribution in [0.5, 0.6) is 0 Å². The van der Waals surface area contributed by atoms with Crippen LogP contribution in [0.3, 0.4) is 0 Å². The molecule has 1 saturated heterocycles. The molecule has 0 bridgehead atoms. The molecule has 0 unspecified atom stereocenters. The van der Waals surface area contributed by atoms with Gasteiger partial charge in [0.1, 0.15) is 11.4 Å². The summed E-state index contributed by atoms with van der Waals surface area (Å²) in [5.74, 6) is -0.131. The van der Waals surface area contributed by atoms with Gasteiger partial charge in [0.25, 0.3) is 5.91 Å². The zero-order valence-electron chi connectivity index (χ0n) is 13.1. The standard InChI is InChI=1S/C16H16ClF3N4O/c17-10-7-13(22-9-10)15(25)24-5-2-11(3-6-24)23-12-1-4-21-14(8-12)16(18,19)20/h1,4,7-9,11,22H,2-3,5-6H2,(H,21,23). The molecule has 2 aromatic heterocycles. The topological polar surface area (TPSA) is 61.0 Å².